The smallest absolute Gasteiger partial charge is 0.112 e. The second-order valence-corrected chi connectivity index (χ2v) is 5.63. The summed E-state index contributed by atoms with van der Waals surface area (Å²) in [5.74, 6) is 1.06. The molecule has 0 bridgehead atoms. The summed E-state index contributed by atoms with van der Waals surface area (Å²) in [5, 5.41) is 0. The molecule has 0 aliphatic carbocycles. The third-order valence-corrected chi connectivity index (χ3v) is 3.96. The second kappa shape index (κ2) is 6.06. The van der Waals surface area contributed by atoms with E-state index in [9.17, 15) is 0 Å². The Kier molecular flexibility index (Phi) is 3.96. The fourth-order valence-corrected chi connectivity index (χ4v) is 2.75. The van der Waals surface area contributed by atoms with E-state index in [0.717, 1.165) is 41.9 Å². The summed E-state index contributed by atoms with van der Waals surface area (Å²) in [6.45, 7) is 6.71. The van der Waals surface area contributed by atoms with Crippen molar-refractivity contribution in [2.75, 3.05) is 5.73 Å². The number of nitrogen functional groups attached to an aromatic ring is 1. The average Bonchev–Trinajstić information content (AvgIpc) is 2.87. The van der Waals surface area contributed by atoms with Crippen molar-refractivity contribution in [3.05, 3.63) is 72.1 Å². The van der Waals surface area contributed by atoms with Gasteiger partial charge in [-0.05, 0) is 31.0 Å². The third kappa shape index (κ3) is 2.75. The standard InChI is InChI=1S/C19H21N3/c1-3-13-22-17-6-4-5-16(20)19(17)21-18(22)12-11-15-9-7-14(2)8-10-15/h3-10H,1,11-13,20H2,2H3. The highest BCUT2D eigenvalue weighted by Gasteiger charge is 2.11. The second-order valence-electron chi connectivity index (χ2n) is 5.63. The zero-order chi connectivity index (χ0) is 15.5. The van der Waals surface area contributed by atoms with E-state index in [1.807, 2.05) is 18.2 Å². The maximum atomic E-state index is 6.06. The van der Waals surface area contributed by atoms with Gasteiger partial charge in [-0.25, -0.2) is 4.98 Å². The zero-order valence-electron chi connectivity index (χ0n) is 12.9. The molecule has 0 amide bonds. The Morgan fingerprint density at radius 1 is 1.14 bits per heavy atom. The highest BCUT2D eigenvalue weighted by molar-refractivity contribution is 5.87. The van der Waals surface area contributed by atoms with E-state index in [1.165, 1.54) is 11.1 Å². The van der Waals surface area contributed by atoms with Gasteiger partial charge in [-0.3, -0.25) is 0 Å². The topological polar surface area (TPSA) is 43.8 Å². The normalized spacial score (nSPS) is 11.0. The lowest BCUT2D eigenvalue weighted by Crippen LogP contribution is -2.04. The van der Waals surface area contributed by atoms with Gasteiger partial charge in [0.25, 0.3) is 0 Å². The SMILES string of the molecule is C=CCn1c(CCc2ccc(C)cc2)nc2c(N)cccc21. The van der Waals surface area contributed by atoms with Crippen molar-refractivity contribution in [2.45, 2.75) is 26.3 Å². The number of allylic oxidation sites excluding steroid dienone is 1. The molecule has 0 aliphatic heterocycles. The Labute approximate surface area is 131 Å². The van der Waals surface area contributed by atoms with Gasteiger partial charge < -0.3 is 10.3 Å². The predicted octanol–water partition coefficient (Wildman–Crippen LogP) is 3.90. The van der Waals surface area contributed by atoms with Gasteiger partial charge in [0.2, 0.25) is 0 Å². The van der Waals surface area contributed by atoms with E-state index in [2.05, 4.69) is 48.4 Å². The van der Waals surface area contributed by atoms with Crippen LogP contribution in [0.3, 0.4) is 0 Å². The summed E-state index contributed by atoms with van der Waals surface area (Å²) in [5.41, 5.74) is 11.4. The van der Waals surface area contributed by atoms with Gasteiger partial charge in [0.15, 0.2) is 0 Å². The molecule has 3 aromatic rings. The Morgan fingerprint density at radius 3 is 2.64 bits per heavy atom. The van der Waals surface area contributed by atoms with Crippen LogP contribution in [0.25, 0.3) is 11.0 Å². The van der Waals surface area contributed by atoms with Crippen molar-refractivity contribution in [3.8, 4) is 0 Å². The van der Waals surface area contributed by atoms with Crippen LogP contribution in [0.2, 0.25) is 0 Å². The first-order valence-electron chi connectivity index (χ1n) is 7.59. The summed E-state index contributed by atoms with van der Waals surface area (Å²) in [4.78, 5) is 4.75. The molecule has 3 nitrogen and oxygen atoms in total. The van der Waals surface area contributed by atoms with Crippen LogP contribution in [0.4, 0.5) is 5.69 Å². The van der Waals surface area contributed by atoms with Crippen LogP contribution in [0.5, 0.6) is 0 Å². The first-order chi connectivity index (χ1) is 10.7. The molecule has 112 valence electrons. The molecular formula is C19H21N3. The number of hydrogen-bond acceptors (Lipinski definition) is 2. The molecule has 1 heterocycles. The van der Waals surface area contributed by atoms with Crippen LogP contribution in [0, 0.1) is 6.92 Å². The molecule has 0 spiro atoms. The summed E-state index contributed by atoms with van der Waals surface area (Å²) in [6.07, 6.45) is 3.77. The number of rotatable bonds is 5. The predicted molar refractivity (Wildman–Crippen MR) is 92.9 cm³/mol. The minimum absolute atomic E-state index is 0.733. The minimum Gasteiger partial charge on any atom is -0.397 e. The Bertz CT molecular complexity index is 797. The van der Waals surface area contributed by atoms with Crippen LogP contribution in [0.15, 0.2) is 55.1 Å². The van der Waals surface area contributed by atoms with Gasteiger partial charge in [0.1, 0.15) is 11.3 Å². The highest BCUT2D eigenvalue weighted by atomic mass is 15.1. The van der Waals surface area contributed by atoms with Crippen LogP contribution < -0.4 is 5.73 Å². The van der Waals surface area contributed by atoms with Gasteiger partial charge in [-0.2, -0.15) is 0 Å². The molecule has 0 saturated carbocycles. The maximum Gasteiger partial charge on any atom is 0.112 e. The fourth-order valence-electron chi connectivity index (χ4n) is 2.75. The highest BCUT2D eigenvalue weighted by Crippen LogP contribution is 2.23. The molecule has 1 aromatic heterocycles. The van der Waals surface area contributed by atoms with Crippen molar-refractivity contribution in [1.82, 2.24) is 9.55 Å². The molecule has 0 aliphatic rings. The van der Waals surface area contributed by atoms with E-state index < -0.39 is 0 Å². The molecular weight excluding hydrogens is 270 g/mol. The summed E-state index contributed by atoms with van der Waals surface area (Å²) >= 11 is 0. The van der Waals surface area contributed by atoms with Crippen LogP contribution in [-0.2, 0) is 19.4 Å². The number of anilines is 1. The molecule has 3 rings (SSSR count). The number of imidazole rings is 1. The summed E-state index contributed by atoms with van der Waals surface area (Å²) in [7, 11) is 0. The van der Waals surface area contributed by atoms with Crippen molar-refractivity contribution in [1.29, 1.82) is 0 Å². The van der Waals surface area contributed by atoms with Crippen LogP contribution in [-0.4, -0.2) is 9.55 Å². The van der Waals surface area contributed by atoms with E-state index in [-0.39, 0.29) is 0 Å². The lowest BCUT2D eigenvalue weighted by atomic mass is 10.1. The van der Waals surface area contributed by atoms with Crippen molar-refractivity contribution in [3.63, 3.8) is 0 Å². The van der Waals surface area contributed by atoms with Crippen LogP contribution in [0.1, 0.15) is 17.0 Å². The van der Waals surface area contributed by atoms with Gasteiger partial charge in [0.05, 0.1) is 11.2 Å². The fraction of sp³-hybridized carbons (Fsp3) is 0.211. The lowest BCUT2D eigenvalue weighted by Gasteiger charge is -2.07. The third-order valence-electron chi connectivity index (χ3n) is 3.96. The monoisotopic (exact) mass is 291 g/mol. The number of benzene rings is 2. The van der Waals surface area contributed by atoms with E-state index in [4.69, 9.17) is 10.7 Å². The first-order valence-corrected chi connectivity index (χ1v) is 7.59. The van der Waals surface area contributed by atoms with Gasteiger partial charge >= 0.3 is 0 Å². The Hall–Kier alpha value is -2.55. The summed E-state index contributed by atoms with van der Waals surface area (Å²) < 4.78 is 2.20. The van der Waals surface area contributed by atoms with Crippen LogP contribution >= 0.6 is 0 Å². The molecule has 22 heavy (non-hydrogen) atoms. The number of para-hydroxylation sites is 1. The van der Waals surface area contributed by atoms with E-state index in [0.29, 0.717) is 0 Å². The minimum atomic E-state index is 0.733. The molecule has 2 N–H and O–H groups in total. The quantitative estimate of drug-likeness (QED) is 0.572. The van der Waals surface area contributed by atoms with E-state index in [1.54, 1.807) is 0 Å². The lowest BCUT2D eigenvalue weighted by molar-refractivity contribution is 0.743. The Morgan fingerprint density at radius 2 is 1.91 bits per heavy atom. The maximum absolute atomic E-state index is 6.06. The molecule has 0 fully saturated rings. The number of fused-ring (bicyclic) bond motifs is 1. The van der Waals surface area contributed by atoms with Gasteiger partial charge in [-0.15, -0.1) is 6.58 Å². The van der Waals surface area contributed by atoms with Crippen molar-refractivity contribution in [2.24, 2.45) is 0 Å². The van der Waals surface area contributed by atoms with Gasteiger partial charge in [-0.1, -0.05) is 42.0 Å². The van der Waals surface area contributed by atoms with Gasteiger partial charge in [0, 0.05) is 13.0 Å². The molecule has 3 heteroatoms. The Balaban J connectivity index is 1.92. The number of hydrogen-bond donors (Lipinski definition) is 1. The molecule has 0 atom stereocenters. The first kappa shape index (κ1) is 14.4. The molecule has 0 radical (unpaired) electrons. The average molecular weight is 291 g/mol. The number of nitrogens with zero attached hydrogens (tertiary/aromatic N) is 2. The van der Waals surface area contributed by atoms with Crippen molar-refractivity contribution >= 4 is 16.7 Å². The largest absolute Gasteiger partial charge is 0.397 e. The number of aryl methyl sites for hydroxylation is 3. The molecule has 0 unspecified atom stereocenters. The number of nitrogens with two attached hydrogens (primary N) is 1. The molecule has 0 saturated heterocycles. The summed E-state index contributed by atoms with van der Waals surface area (Å²) in [6, 6.07) is 14.6. The van der Waals surface area contributed by atoms with Crippen molar-refractivity contribution < 1.29 is 0 Å². The molecule has 2 aromatic carbocycles. The van der Waals surface area contributed by atoms with E-state index >= 15 is 0 Å². The zero-order valence-corrected chi connectivity index (χ0v) is 12.9. The number of aromatic nitrogens is 2.